The first-order chi connectivity index (χ1) is 18.4. The van der Waals surface area contributed by atoms with Crippen LogP contribution in [0, 0.1) is 30.0 Å². The molecule has 0 radical (unpaired) electrons. The number of ketones is 1. The highest BCUT2D eigenvalue weighted by atomic mass is 19.1. The minimum absolute atomic E-state index is 0.0685. The molecule has 1 aliphatic rings. The Morgan fingerprint density at radius 3 is 2.58 bits per heavy atom. The minimum Gasteiger partial charge on any atom is -0.306 e. The molecule has 1 saturated carbocycles. The van der Waals surface area contributed by atoms with Gasteiger partial charge in [0.15, 0.2) is 5.78 Å². The molecule has 38 heavy (non-hydrogen) atoms. The number of Topliss-reactive ketones (excluding diaryl/α,β-unsaturated/α-hetero) is 1. The highest BCUT2D eigenvalue weighted by molar-refractivity contribution is 5.96. The van der Waals surface area contributed by atoms with Crippen molar-refractivity contribution >= 4 is 5.78 Å². The van der Waals surface area contributed by atoms with Gasteiger partial charge in [-0.15, -0.1) is 0 Å². The van der Waals surface area contributed by atoms with Crippen LogP contribution in [0.15, 0.2) is 72.8 Å². The average molecular weight is 507 g/mol. The second kappa shape index (κ2) is 11.1. The molecule has 1 fully saturated rings. The van der Waals surface area contributed by atoms with E-state index in [1.807, 2.05) is 43.3 Å². The second-order valence-corrected chi connectivity index (χ2v) is 10.1. The van der Waals surface area contributed by atoms with Crippen LogP contribution in [-0.2, 0) is 12.8 Å². The summed E-state index contributed by atoms with van der Waals surface area (Å²) in [4.78, 5) is 13.5. The Morgan fingerprint density at radius 2 is 1.87 bits per heavy atom. The molecule has 5 nitrogen and oxygen atoms in total. The predicted octanol–water partition coefficient (Wildman–Crippen LogP) is 6.27. The summed E-state index contributed by atoms with van der Waals surface area (Å²) in [7, 11) is 0. The molecule has 1 aliphatic carbocycles. The van der Waals surface area contributed by atoms with Crippen molar-refractivity contribution in [3.8, 4) is 11.8 Å². The largest absolute Gasteiger partial charge is 0.306 e. The fourth-order valence-corrected chi connectivity index (χ4v) is 4.76. The van der Waals surface area contributed by atoms with Crippen molar-refractivity contribution < 1.29 is 9.18 Å². The molecule has 0 spiro atoms. The van der Waals surface area contributed by atoms with E-state index in [0.29, 0.717) is 22.7 Å². The fraction of sp³-hybridized carbons (Fsp3) is 0.281. The number of hydrogen-bond donors (Lipinski definition) is 1. The molecule has 1 atom stereocenters. The first-order valence-electron chi connectivity index (χ1n) is 13.2. The first-order valence-corrected chi connectivity index (χ1v) is 13.2. The third-order valence-corrected chi connectivity index (χ3v) is 7.12. The summed E-state index contributed by atoms with van der Waals surface area (Å²) >= 11 is 0. The van der Waals surface area contributed by atoms with Gasteiger partial charge in [-0.25, -0.2) is 9.07 Å². The molecule has 0 amide bonds. The van der Waals surface area contributed by atoms with Gasteiger partial charge in [-0.1, -0.05) is 43.3 Å². The summed E-state index contributed by atoms with van der Waals surface area (Å²) < 4.78 is 16.7. The maximum atomic E-state index is 15.0. The van der Waals surface area contributed by atoms with Crippen LogP contribution in [0.4, 0.5) is 4.39 Å². The van der Waals surface area contributed by atoms with Gasteiger partial charge in [-0.3, -0.25) is 4.79 Å². The van der Waals surface area contributed by atoms with Crippen LogP contribution >= 0.6 is 0 Å². The van der Waals surface area contributed by atoms with E-state index in [9.17, 15) is 10.1 Å². The number of aromatic nitrogens is 2. The van der Waals surface area contributed by atoms with Gasteiger partial charge >= 0.3 is 0 Å². The van der Waals surface area contributed by atoms with E-state index < -0.39 is 5.82 Å². The Hall–Kier alpha value is -4.08. The summed E-state index contributed by atoms with van der Waals surface area (Å²) in [6.07, 6.45) is 3.24. The number of carbonyl (C=O) groups is 1. The van der Waals surface area contributed by atoms with Gasteiger partial charge < -0.3 is 5.32 Å². The van der Waals surface area contributed by atoms with E-state index in [1.54, 1.807) is 35.0 Å². The Balaban J connectivity index is 1.44. The quantitative estimate of drug-likeness (QED) is 0.258. The molecular weight excluding hydrogens is 475 g/mol. The Labute approximate surface area is 222 Å². The average Bonchev–Trinajstić information content (AvgIpc) is 3.69. The van der Waals surface area contributed by atoms with Gasteiger partial charge in [-0.05, 0) is 97.3 Å². The minimum atomic E-state index is -0.404. The number of aryl methyl sites for hydroxylation is 2. The third kappa shape index (κ3) is 5.74. The lowest BCUT2D eigenvalue weighted by Crippen LogP contribution is -2.25. The molecule has 3 aromatic carbocycles. The molecule has 0 aliphatic heterocycles. The number of hydrogen-bond acceptors (Lipinski definition) is 4. The van der Waals surface area contributed by atoms with E-state index in [-0.39, 0.29) is 18.2 Å². The summed E-state index contributed by atoms with van der Waals surface area (Å²) in [5, 5.41) is 17.4. The number of nitriles is 1. The van der Waals surface area contributed by atoms with Crippen LogP contribution in [0.25, 0.3) is 5.69 Å². The third-order valence-electron chi connectivity index (χ3n) is 7.12. The van der Waals surface area contributed by atoms with Crippen LogP contribution in [0.3, 0.4) is 0 Å². The summed E-state index contributed by atoms with van der Waals surface area (Å²) in [5.74, 6) is 0.0650. The van der Waals surface area contributed by atoms with Crippen LogP contribution in [-0.4, -0.2) is 22.1 Å². The summed E-state index contributed by atoms with van der Waals surface area (Å²) in [5.41, 5.74) is 5.98. The van der Waals surface area contributed by atoms with E-state index in [0.717, 1.165) is 41.0 Å². The van der Waals surface area contributed by atoms with E-state index >= 15 is 4.39 Å². The normalized spacial score (nSPS) is 13.7. The standard InChI is InChI=1S/C32H31FN4O/c1-3-22-5-4-6-28(16-22)37-30(15-21(2)36-37)31(38)18-27-17-26(13-14-29(27)33)32(35-20-24-7-8-24)25-11-9-23(19-34)10-12-25/h4-6,9-17,24,32,35H,3,7-8,18,20H2,1-2H3. The predicted molar refractivity (Wildman–Crippen MR) is 146 cm³/mol. The lowest BCUT2D eigenvalue weighted by Gasteiger charge is -2.21. The maximum Gasteiger partial charge on any atom is 0.185 e. The lowest BCUT2D eigenvalue weighted by atomic mass is 9.94. The molecule has 6 heteroatoms. The topological polar surface area (TPSA) is 70.7 Å². The zero-order valence-electron chi connectivity index (χ0n) is 21.7. The van der Waals surface area contributed by atoms with Crippen molar-refractivity contribution in [3.63, 3.8) is 0 Å². The van der Waals surface area contributed by atoms with Crippen LogP contribution in [0.2, 0.25) is 0 Å². The number of benzene rings is 3. The molecule has 1 heterocycles. The smallest absolute Gasteiger partial charge is 0.185 e. The van der Waals surface area contributed by atoms with Gasteiger partial charge in [0.25, 0.3) is 0 Å². The SMILES string of the molecule is CCc1cccc(-n2nc(C)cc2C(=O)Cc2cc(C(NCC3CC3)c3ccc(C#N)cc3)ccc2F)c1. The number of nitrogens with one attached hydrogen (secondary N) is 1. The van der Waals surface area contributed by atoms with Crippen molar-refractivity contribution in [1.82, 2.24) is 15.1 Å². The highest BCUT2D eigenvalue weighted by Crippen LogP contribution is 2.31. The van der Waals surface area contributed by atoms with Gasteiger partial charge in [-0.2, -0.15) is 10.4 Å². The lowest BCUT2D eigenvalue weighted by molar-refractivity contribution is 0.0984. The van der Waals surface area contributed by atoms with Crippen LogP contribution in [0.1, 0.15) is 69.8 Å². The van der Waals surface area contributed by atoms with Crippen molar-refractivity contribution in [1.29, 1.82) is 5.26 Å². The van der Waals surface area contributed by atoms with E-state index in [1.165, 1.54) is 18.9 Å². The number of rotatable bonds is 10. The molecule has 4 aromatic rings. The van der Waals surface area contributed by atoms with Crippen molar-refractivity contribution in [2.45, 2.75) is 45.6 Å². The highest BCUT2D eigenvalue weighted by Gasteiger charge is 2.24. The Kier molecular flexibility index (Phi) is 7.48. The van der Waals surface area contributed by atoms with Crippen molar-refractivity contribution in [2.24, 2.45) is 5.92 Å². The molecular formula is C32H31FN4O. The van der Waals surface area contributed by atoms with E-state index in [2.05, 4.69) is 23.4 Å². The monoisotopic (exact) mass is 506 g/mol. The van der Waals surface area contributed by atoms with Gasteiger partial charge in [0, 0.05) is 6.42 Å². The molecule has 1 unspecified atom stereocenters. The summed E-state index contributed by atoms with van der Waals surface area (Å²) in [6.45, 7) is 4.80. The first kappa shape index (κ1) is 25.6. The van der Waals surface area contributed by atoms with Gasteiger partial charge in [0.2, 0.25) is 0 Å². The van der Waals surface area contributed by atoms with Crippen LogP contribution < -0.4 is 5.32 Å². The van der Waals surface area contributed by atoms with Crippen molar-refractivity contribution in [3.05, 3.63) is 118 Å². The van der Waals surface area contributed by atoms with Gasteiger partial charge in [0.1, 0.15) is 11.5 Å². The molecule has 0 bridgehead atoms. The van der Waals surface area contributed by atoms with Crippen molar-refractivity contribution in [2.75, 3.05) is 6.54 Å². The van der Waals surface area contributed by atoms with Gasteiger partial charge in [0.05, 0.1) is 29.1 Å². The maximum absolute atomic E-state index is 15.0. The molecule has 5 rings (SSSR count). The fourth-order valence-electron chi connectivity index (χ4n) is 4.76. The molecule has 1 N–H and O–H groups in total. The second-order valence-electron chi connectivity index (χ2n) is 10.1. The van der Waals surface area contributed by atoms with E-state index in [4.69, 9.17) is 0 Å². The zero-order chi connectivity index (χ0) is 26.6. The number of carbonyl (C=O) groups excluding carboxylic acids is 1. The summed E-state index contributed by atoms with van der Waals surface area (Å²) in [6, 6.07) is 24.2. The molecule has 192 valence electrons. The molecule has 1 aromatic heterocycles. The number of nitrogens with zero attached hydrogens (tertiary/aromatic N) is 3. The zero-order valence-corrected chi connectivity index (χ0v) is 21.7. The molecule has 0 saturated heterocycles. The number of halogens is 1. The Morgan fingerprint density at radius 1 is 1.11 bits per heavy atom. The Bertz CT molecular complexity index is 1490. The van der Waals surface area contributed by atoms with Crippen LogP contribution in [0.5, 0.6) is 0 Å².